The minimum Gasteiger partial charge on any atom is -0.497 e. The van der Waals surface area contributed by atoms with Crippen LogP contribution in [-0.4, -0.2) is 41.8 Å². The third kappa shape index (κ3) is 7.47. The average molecular weight is 403 g/mol. The highest BCUT2D eigenvalue weighted by Gasteiger charge is 2.21. The molecule has 28 heavy (non-hydrogen) atoms. The molecule has 5 heteroatoms. The van der Waals surface area contributed by atoms with E-state index in [1.54, 1.807) is 19.1 Å². The van der Waals surface area contributed by atoms with E-state index >= 15 is 0 Å². The molecule has 0 saturated heterocycles. The molecule has 2 atom stereocenters. The number of ether oxygens (including phenoxy) is 1. The van der Waals surface area contributed by atoms with E-state index in [-0.39, 0.29) is 6.04 Å². The van der Waals surface area contributed by atoms with Crippen LogP contribution < -0.4 is 10.5 Å². The standard InChI is InChI=1S/C23H34N2O2S/c1-4-18(5-2)16-25(28-21-13-9-12-20(15-21)27-3)17-23(26)22(24)14-19-10-7-6-8-11-19/h6-13,15,18,22-23,26H,4-5,14,16-17,24H2,1-3H3. The van der Waals surface area contributed by atoms with Gasteiger partial charge in [0.1, 0.15) is 5.75 Å². The molecule has 2 aromatic rings. The van der Waals surface area contributed by atoms with Crippen molar-refractivity contribution in [1.29, 1.82) is 0 Å². The molecule has 0 bridgehead atoms. The molecule has 0 heterocycles. The summed E-state index contributed by atoms with van der Waals surface area (Å²) in [6.07, 6.45) is 2.33. The number of nitrogens with two attached hydrogens (primary N) is 1. The van der Waals surface area contributed by atoms with Crippen LogP contribution in [0.2, 0.25) is 0 Å². The highest BCUT2D eigenvalue weighted by Crippen LogP contribution is 2.28. The van der Waals surface area contributed by atoms with E-state index in [0.29, 0.717) is 18.9 Å². The molecular formula is C23H34N2O2S. The first-order chi connectivity index (χ1) is 13.5. The fraction of sp³-hybridized carbons (Fsp3) is 0.478. The SMILES string of the molecule is CCC(CC)CN(CC(O)C(N)Cc1ccccc1)Sc1cccc(OC)c1. The molecule has 0 amide bonds. The zero-order valence-electron chi connectivity index (χ0n) is 17.3. The van der Waals surface area contributed by atoms with Gasteiger partial charge in [-0.05, 0) is 48.0 Å². The van der Waals surface area contributed by atoms with E-state index in [1.807, 2.05) is 36.4 Å². The fourth-order valence-corrected chi connectivity index (χ4v) is 4.28. The van der Waals surface area contributed by atoms with Crippen molar-refractivity contribution >= 4 is 11.9 Å². The Labute approximate surface area is 174 Å². The summed E-state index contributed by atoms with van der Waals surface area (Å²) in [5.74, 6) is 1.43. The lowest BCUT2D eigenvalue weighted by Crippen LogP contribution is -2.43. The van der Waals surface area contributed by atoms with Crippen molar-refractivity contribution in [3.05, 3.63) is 60.2 Å². The summed E-state index contributed by atoms with van der Waals surface area (Å²) in [5, 5.41) is 10.8. The average Bonchev–Trinajstić information content (AvgIpc) is 2.72. The Morgan fingerprint density at radius 2 is 1.75 bits per heavy atom. The largest absolute Gasteiger partial charge is 0.497 e. The van der Waals surface area contributed by atoms with Gasteiger partial charge in [0, 0.05) is 24.0 Å². The fourth-order valence-electron chi connectivity index (χ4n) is 3.16. The number of rotatable bonds is 12. The second-order valence-corrected chi connectivity index (χ2v) is 8.39. The maximum absolute atomic E-state index is 10.8. The summed E-state index contributed by atoms with van der Waals surface area (Å²) in [7, 11) is 1.68. The van der Waals surface area contributed by atoms with Gasteiger partial charge < -0.3 is 15.6 Å². The Balaban J connectivity index is 2.04. The van der Waals surface area contributed by atoms with Crippen LogP contribution in [0.5, 0.6) is 5.75 Å². The lowest BCUT2D eigenvalue weighted by Gasteiger charge is -2.29. The lowest BCUT2D eigenvalue weighted by atomic mass is 10.0. The summed E-state index contributed by atoms with van der Waals surface area (Å²) in [5.41, 5.74) is 7.48. The molecule has 0 aliphatic rings. The van der Waals surface area contributed by atoms with Gasteiger partial charge in [-0.25, -0.2) is 4.31 Å². The van der Waals surface area contributed by atoms with Gasteiger partial charge >= 0.3 is 0 Å². The predicted octanol–water partition coefficient (Wildman–Crippen LogP) is 4.37. The van der Waals surface area contributed by atoms with E-state index in [4.69, 9.17) is 10.5 Å². The van der Waals surface area contributed by atoms with Crippen molar-refractivity contribution in [3.63, 3.8) is 0 Å². The van der Waals surface area contributed by atoms with Crippen molar-refractivity contribution in [2.75, 3.05) is 20.2 Å². The van der Waals surface area contributed by atoms with Crippen LogP contribution in [0.15, 0.2) is 59.5 Å². The zero-order valence-corrected chi connectivity index (χ0v) is 18.1. The summed E-state index contributed by atoms with van der Waals surface area (Å²) < 4.78 is 7.60. The van der Waals surface area contributed by atoms with Gasteiger partial charge in [0.05, 0.1) is 13.2 Å². The molecule has 0 aliphatic carbocycles. The summed E-state index contributed by atoms with van der Waals surface area (Å²) in [6.45, 7) is 5.90. The van der Waals surface area contributed by atoms with Crippen molar-refractivity contribution in [3.8, 4) is 5.75 Å². The van der Waals surface area contributed by atoms with E-state index in [9.17, 15) is 5.11 Å². The van der Waals surface area contributed by atoms with Crippen molar-refractivity contribution < 1.29 is 9.84 Å². The molecule has 0 saturated carbocycles. The Hall–Kier alpha value is -1.53. The van der Waals surface area contributed by atoms with Crippen LogP contribution in [0.4, 0.5) is 0 Å². The minimum absolute atomic E-state index is 0.294. The van der Waals surface area contributed by atoms with Gasteiger partial charge in [-0.1, -0.05) is 63.1 Å². The molecular weight excluding hydrogens is 368 g/mol. The monoisotopic (exact) mass is 402 g/mol. The number of hydrogen-bond acceptors (Lipinski definition) is 5. The molecule has 0 aromatic heterocycles. The first-order valence-electron chi connectivity index (χ1n) is 10.1. The van der Waals surface area contributed by atoms with Crippen LogP contribution in [0.25, 0.3) is 0 Å². The van der Waals surface area contributed by atoms with E-state index in [1.165, 1.54) is 0 Å². The van der Waals surface area contributed by atoms with Gasteiger partial charge in [0.2, 0.25) is 0 Å². The summed E-state index contributed by atoms with van der Waals surface area (Å²) in [6, 6.07) is 17.9. The summed E-state index contributed by atoms with van der Waals surface area (Å²) in [4.78, 5) is 1.11. The number of methoxy groups -OCH3 is 1. The van der Waals surface area contributed by atoms with Crippen LogP contribution >= 0.6 is 11.9 Å². The Kier molecular flexibility index (Phi) is 9.85. The maximum Gasteiger partial charge on any atom is 0.120 e. The molecule has 2 unspecified atom stereocenters. The Morgan fingerprint density at radius 1 is 1.04 bits per heavy atom. The second-order valence-electron chi connectivity index (χ2n) is 7.22. The molecule has 0 fully saturated rings. The number of benzene rings is 2. The smallest absolute Gasteiger partial charge is 0.120 e. The molecule has 4 nitrogen and oxygen atoms in total. The molecule has 2 rings (SSSR count). The highest BCUT2D eigenvalue weighted by molar-refractivity contribution is 7.97. The Bertz CT molecular complexity index is 679. The van der Waals surface area contributed by atoms with Crippen molar-refractivity contribution in [2.24, 2.45) is 11.7 Å². The Morgan fingerprint density at radius 3 is 2.39 bits per heavy atom. The van der Waals surface area contributed by atoms with Crippen LogP contribution in [-0.2, 0) is 6.42 Å². The van der Waals surface area contributed by atoms with Crippen molar-refractivity contribution in [2.45, 2.75) is 50.2 Å². The van der Waals surface area contributed by atoms with E-state index < -0.39 is 6.10 Å². The molecule has 0 aliphatic heterocycles. The molecule has 154 valence electrons. The number of hydrogen-bond donors (Lipinski definition) is 2. The highest BCUT2D eigenvalue weighted by atomic mass is 32.2. The van der Waals surface area contributed by atoms with Crippen LogP contribution in [0.3, 0.4) is 0 Å². The van der Waals surface area contributed by atoms with Gasteiger partial charge in [0.25, 0.3) is 0 Å². The van der Waals surface area contributed by atoms with Crippen LogP contribution in [0, 0.1) is 5.92 Å². The predicted molar refractivity (Wildman–Crippen MR) is 119 cm³/mol. The quantitative estimate of drug-likeness (QED) is 0.516. The van der Waals surface area contributed by atoms with Gasteiger partial charge in [0.15, 0.2) is 0 Å². The number of nitrogens with zero attached hydrogens (tertiary/aromatic N) is 1. The molecule has 0 radical (unpaired) electrons. The third-order valence-electron chi connectivity index (χ3n) is 5.09. The molecule has 3 N–H and O–H groups in total. The third-order valence-corrected chi connectivity index (χ3v) is 6.11. The van der Waals surface area contributed by atoms with Gasteiger partial charge in [-0.2, -0.15) is 0 Å². The summed E-state index contributed by atoms with van der Waals surface area (Å²) >= 11 is 1.67. The molecule has 0 spiro atoms. The number of aliphatic hydroxyl groups is 1. The van der Waals surface area contributed by atoms with Gasteiger partial charge in [-0.15, -0.1) is 0 Å². The van der Waals surface area contributed by atoms with Crippen LogP contribution in [0.1, 0.15) is 32.3 Å². The van der Waals surface area contributed by atoms with Gasteiger partial charge in [-0.3, -0.25) is 0 Å². The normalized spacial score (nSPS) is 13.7. The first kappa shape index (κ1) is 22.8. The minimum atomic E-state index is -0.590. The maximum atomic E-state index is 10.8. The first-order valence-corrected chi connectivity index (χ1v) is 10.9. The lowest BCUT2D eigenvalue weighted by molar-refractivity contribution is 0.118. The van der Waals surface area contributed by atoms with Crippen molar-refractivity contribution in [1.82, 2.24) is 4.31 Å². The van der Waals surface area contributed by atoms with E-state index in [0.717, 1.165) is 35.6 Å². The molecule has 2 aromatic carbocycles. The van der Waals surface area contributed by atoms with E-state index in [2.05, 4.69) is 36.4 Å². The topological polar surface area (TPSA) is 58.7 Å². The number of aliphatic hydroxyl groups excluding tert-OH is 1. The zero-order chi connectivity index (χ0) is 20.4. The second kappa shape index (κ2) is 12.1.